The molecule has 0 N–H and O–H groups in total. The number of hydrogen-bond donors (Lipinski definition) is 0. The van der Waals surface area contributed by atoms with Gasteiger partial charge in [0, 0.05) is 17.5 Å². The van der Waals surface area contributed by atoms with Gasteiger partial charge in [-0.25, -0.2) is 18.6 Å². The number of nitrogens with zero attached hydrogens (tertiary/aromatic N) is 1. The van der Waals surface area contributed by atoms with E-state index in [1.165, 1.54) is 24.3 Å². The van der Waals surface area contributed by atoms with Crippen LogP contribution < -0.4 is 13.7 Å². The lowest BCUT2D eigenvalue weighted by Gasteiger charge is -2.16. The van der Waals surface area contributed by atoms with E-state index in [4.69, 9.17) is 9.47 Å². The highest BCUT2D eigenvalue weighted by atomic mass is 32.2. The smallest absolute Gasteiger partial charge is 0.497 e. The lowest BCUT2D eigenvalue weighted by Crippen LogP contribution is -2.28. The first-order valence-electron chi connectivity index (χ1n) is 9.61. The molecule has 14 heteroatoms. The Balaban J connectivity index is 2.04. The number of carbonyl (C=O) groups is 1. The second kappa shape index (κ2) is 8.86. The highest BCUT2D eigenvalue weighted by Crippen LogP contribution is 2.39. The zero-order valence-corrected chi connectivity index (χ0v) is 18.5. The molecule has 0 fully saturated rings. The van der Waals surface area contributed by atoms with Crippen molar-refractivity contribution < 1.29 is 53.2 Å². The zero-order valence-electron chi connectivity index (χ0n) is 17.7. The lowest BCUT2D eigenvalue weighted by atomic mass is 10.0. The molecule has 0 aliphatic carbocycles. The van der Waals surface area contributed by atoms with Gasteiger partial charge in [0.1, 0.15) is 5.75 Å². The molecule has 188 valence electrons. The van der Waals surface area contributed by atoms with Crippen molar-refractivity contribution in [2.24, 2.45) is 0 Å². The number of esters is 1. The minimum Gasteiger partial charge on any atom is -0.497 e. The summed E-state index contributed by atoms with van der Waals surface area (Å²) in [6.45, 7) is 0. The van der Waals surface area contributed by atoms with Crippen molar-refractivity contribution in [3.63, 3.8) is 0 Å². The highest BCUT2D eigenvalue weighted by molar-refractivity contribution is 7.88. The van der Waals surface area contributed by atoms with Crippen LogP contribution in [-0.4, -0.2) is 32.0 Å². The maximum atomic E-state index is 14.1. The van der Waals surface area contributed by atoms with Gasteiger partial charge in [0.15, 0.2) is 17.4 Å². The quantitative estimate of drug-likeness (QED) is 0.0660. The molecule has 0 aliphatic heterocycles. The molecule has 1 heterocycles. The van der Waals surface area contributed by atoms with Crippen LogP contribution in [0.4, 0.5) is 26.3 Å². The zero-order chi connectivity index (χ0) is 26.4. The SMILES string of the molecule is COc1cc(OS(=O)(=O)C(F)(F)F)c2c(C(=O)Oc3c(F)ccc(F)c3F)c3ccccc3nc2c1. The number of para-hydroxylation sites is 1. The number of halogens is 6. The van der Waals surface area contributed by atoms with E-state index in [2.05, 4.69) is 9.17 Å². The van der Waals surface area contributed by atoms with Crippen molar-refractivity contribution in [2.75, 3.05) is 7.11 Å². The number of fused-ring (bicyclic) bond motifs is 2. The summed E-state index contributed by atoms with van der Waals surface area (Å²) in [4.78, 5) is 17.3. The van der Waals surface area contributed by atoms with Gasteiger partial charge in [-0.3, -0.25) is 0 Å². The average Bonchev–Trinajstić information content (AvgIpc) is 2.81. The Morgan fingerprint density at radius 2 is 1.61 bits per heavy atom. The summed E-state index contributed by atoms with van der Waals surface area (Å²) < 4.78 is 119. The van der Waals surface area contributed by atoms with Gasteiger partial charge in [-0.15, -0.1) is 0 Å². The lowest BCUT2D eigenvalue weighted by molar-refractivity contribution is -0.0499. The van der Waals surface area contributed by atoms with Gasteiger partial charge in [-0.2, -0.15) is 26.0 Å². The first-order chi connectivity index (χ1) is 16.8. The van der Waals surface area contributed by atoms with E-state index >= 15 is 0 Å². The predicted octanol–water partition coefficient (Wildman–Crippen LogP) is 5.26. The van der Waals surface area contributed by atoms with Crippen LogP contribution in [0.5, 0.6) is 17.2 Å². The van der Waals surface area contributed by atoms with E-state index < -0.39 is 61.5 Å². The fraction of sp³-hybridized carbons (Fsp3) is 0.0909. The molecule has 0 bridgehead atoms. The second-order valence-electron chi connectivity index (χ2n) is 7.07. The van der Waals surface area contributed by atoms with E-state index in [9.17, 15) is 39.6 Å². The molecule has 1 aromatic heterocycles. The summed E-state index contributed by atoms with van der Waals surface area (Å²) in [5.41, 5.74) is -6.72. The van der Waals surface area contributed by atoms with Crippen molar-refractivity contribution in [1.29, 1.82) is 0 Å². The molecule has 0 aliphatic rings. The molecule has 0 amide bonds. The number of benzene rings is 3. The Morgan fingerprint density at radius 3 is 2.28 bits per heavy atom. The molecule has 0 spiro atoms. The van der Waals surface area contributed by atoms with Gasteiger partial charge in [0.05, 0.1) is 29.1 Å². The van der Waals surface area contributed by atoms with Crippen molar-refractivity contribution in [2.45, 2.75) is 5.51 Å². The Bertz CT molecular complexity index is 1640. The Morgan fingerprint density at radius 1 is 0.944 bits per heavy atom. The average molecular weight is 531 g/mol. The number of pyridine rings is 1. The summed E-state index contributed by atoms with van der Waals surface area (Å²) in [7, 11) is -5.13. The summed E-state index contributed by atoms with van der Waals surface area (Å²) in [5.74, 6) is -9.07. The maximum absolute atomic E-state index is 14.1. The topological polar surface area (TPSA) is 91.8 Å². The molecule has 0 saturated carbocycles. The summed E-state index contributed by atoms with van der Waals surface area (Å²) in [5, 5.41) is -0.712. The van der Waals surface area contributed by atoms with Crippen LogP contribution in [0.15, 0.2) is 48.5 Å². The molecule has 0 radical (unpaired) electrons. The number of methoxy groups -OCH3 is 1. The molecular formula is C22H11F6NO6S. The Labute approximate surface area is 197 Å². The second-order valence-corrected chi connectivity index (χ2v) is 8.61. The molecule has 4 aromatic rings. The molecule has 0 unspecified atom stereocenters. The van der Waals surface area contributed by atoms with Crippen LogP contribution in [0.1, 0.15) is 10.4 Å². The Hall–Kier alpha value is -4.07. The van der Waals surface area contributed by atoms with Crippen LogP contribution in [0.25, 0.3) is 21.8 Å². The first-order valence-corrected chi connectivity index (χ1v) is 11.0. The fourth-order valence-corrected chi connectivity index (χ4v) is 3.73. The van der Waals surface area contributed by atoms with Gasteiger partial charge in [0.2, 0.25) is 11.6 Å². The van der Waals surface area contributed by atoms with Crippen LogP contribution in [0, 0.1) is 17.5 Å². The largest absolute Gasteiger partial charge is 0.534 e. The molecule has 7 nitrogen and oxygen atoms in total. The van der Waals surface area contributed by atoms with Crippen LogP contribution >= 0.6 is 0 Å². The number of aromatic nitrogens is 1. The van der Waals surface area contributed by atoms with Gasteiger partial charge in [0.25, 0.3) is 0 Å². The third-order valence-corrected chi connectivity index (χ3v) is 5.80. The summed E-state index contributed by atoms with van der Waals surface area (Å²) in [6.07, 6.45) is 0. The van der Waals surface area contributed by atoms with Gasteiger partial charge >= 0.3 is 21.6 Å². The molecule has 4 rings (SSSR count). The fourth-order valence-electron chi connectivity index (χ4n) is 3.27. The van der Waals surface area contributed by atoms with Gasteiger partial charge < -0.3 is 13.7 Å². The molecule has 0 saturated heterocycles. The van der Waals surface area contributed by atoms with Crippen LogP contribution in [-0.2, 0) is 10.1 Å². The highest BCUT2D eigenvalue weighted by Gasteiger charge is 2.49. The molecule has 36 heavy (non-hydrogen) atoms. The van der Waals surface area contributed by atoms with E-state index in [0.29, 0.717) is 12.1 Å². The Kier molecular flexibility index (Phi) is 6.16. The van der Waals surface area contributed by atoms with Crippen LogP contribution in [0.3, 0.4) is 0 Å². The van der Waals surface area contributed by atoms with Crippen molar-refractivity contribution in [3.8, 4) is 17.2 Å². The number of alkyl halides is 3. The van der Waals surface area contributed by atoms with Crippen molar-refractivity contribution >= 4 is 37.9 Å². The normalized spacial score (nSPS) is 12.1. The van der Waals surface area contributed by atoms with Gasteiger partial charge in [-0.05, 0) is 18.2 Å². The minimum atomic E-state index is -6.25. The van der Waals surface area contributed by atoms with E-state index in [-0.39, 0.29) is 22.2 Å². The number of carbonyl (C=O) groups excluding carboxylic acids is 1. The summed E-state index contributed by atoms with van der Waals surface area (Å²) in [6, 6.07) is 8.36. The van der Waals surface area contributed by atoms with Crippen LogP contribution in [0.2, 0.25) is 0 Å². The number of rotatable bonds is 5. The van der Waals surface area contributed by atoms with Crippen molar-refractivity contribution in [1.82, 2.24) is 4.98 Å². The summed E-state index contributed by atoms with van der Waals surface area (Å²) >= 11 is 0. The number of ether oxygens (including phenoxy) is 2. The monoisotopic (exact) mass is 531 g/mol. The molecular weight excluding hydrogens is 520 g/mol. The third kappa shape index (κ3) is 4.34. The van der Waals surface area contributed by atoms with E-state index in [1.807, 2.05) is 0 Å². The first kappa shape index (κ1) is 25.0. The van der Waals surface area contributed by atoms with Crippen molar-refractivity contribution in [3.05, 3.63) is 71.5 Å². The maximum Gasteiger partial charge on any atom is 0.534 e. The minimum absolute atomic E-state index is 0.0648. The number of hydrogen-bond acceptors (Lipinski definition) is 7. The standard InChI is InChI=1S/C22H11F6NO6S/c1-33-10-8-15-18(16(9-10)35-36(31,32)22(26,27)28)17(11-4-2-3-5-14(11)29-15)21(30)34-20-13(24)7-6-12(23)19(20)25/h2-9H,1H3. The van der Waals surface area contributed by atoms with E-state index in [0.717, 1.165) is 19.2 Å². The predicted molar refractivity (Wildman–Crippen MR) is 113 cm³/mol. The third-order valence-electron chi connectivity index (χ3n) is 4.84. The molecule has 3 aromatic carbocycles. The van der Waals surface area contributed by atoms with E-state index in [1.54, 1.807) is 0 Å². The van der Waals surface area contributed by atoms with Gasteiger partial charge in [-0.1, -0.05) is 18.2 Å². The molecule has 0 atom stereocenters.